The molecule has 0 aliphatic heterocycles. The van der Waals surface area contributed by atoms with E-state index in [9.17, 15) is 9.18 Å². The monoisotopic (exact) mass is 287 g/mol. The van der Waals surface area contributed by atoms with Crippen LogP contribution in [-0.2, 0) is 4.79 Å². The van der Waals surface area contributed by atoms with Gasteiger partial charge in [0.15, 0.2) is 6.61 Å². The van der Waals surface area contributed by atoms with E-state index < -0.39 is 5.82 Å². The predicted octanol–water partition coefficient (Wildman–Crippen LogP) is 3.77. The van der Waals surface area contributed by atoms with Crippen LogP contribution in [0.4, 0.5) is 10.1 Å². The molecule has 0 fully saturated rings. The third-order valence-corrected chi connectivity index (χ3v) is 3.37. The smallest absolute Gasteiger partial charge is 0.262 e. The van der Waals surface area contributed by atoms with Crippen molar-refractivity contribution in [1.29, 1.82) is 0 Å². The zero-order chi connectivity index (χ0) is 15.4. The molecular formula is C17H18FNO2. The largest absolute Gasteiger partial charge is 0.483 e. The zero-order valence-electron chi connectivity index (χ0n) is 12.4. The van der Waals surface area contributed by atoms with Gasteiger partial charge in [0.25, 0.3) is 5.91 Å². The maximum Gasteiger partial charge on any atom is 0.262 e. The van der Waals surface area contributed by atoms with Crippen LogP contribution < -0.4 is 10.1 Å². The van der Waals surface area contributed by atoms with Gasteiger partial charge >= 0.3 is 0 Å². The first-order valence-electron chi connectivity index (χ1n) is 6.73. The summed E-state index contributed by atoms with van der Waals surface area (Å²) in [5.41, 5.74) is 3.24. The van der Waals surface area contributed by atoms with Crippen LogP contribution in [0, 0.1) is 26.6 Å². The molecule has 0 aliphatic rings. The molecule has 0 heterocycles. The minimum Gasteiger partial charge on any atom is -0.483 e. The summed E-state index contributed by atoms with van der Waals surface area (Å²) < 4.78 is 19.0. The van der Waals surface area contributed by atoms with Crippen molar-refractivity contribution in [2.45, 2.75) is 20.8 Å². The van der Waals surface area contributed by atoms with Crippen LogP contribution in [0.2, 0.25) is 0 Å². The molecule has 0 bridgehead atoms. The fourth-order valence-corrected chi connectivity index (χ4v) is 2.03. The highest BCUT2D eigenvalue weighted by Gasteiger charge is 2.10. The lowest BCUT2D eigenvalue weighted by Crippen LogP contribution is -2.21. The average molecular weight is 287 g/mol. The fraction of sp³-hybridized carbons (Fsp3) is 0.235. The predicted molar refractivity (Wildman–Crippen MR) is 81.2 cm³/mol. The third-order valence-electron chi connectivity index (χ3n) is 3.37. The van der Waals surface area contributed by atoms with Crippen LogP contribution in [0.1, 0.15) is 16.7 Å². The summed E-state index contributed by atoms with van der Waals surface area (Å²) in [5.74, 6) is -0.146. The van der Waals surface area contributed by atoms with Gasteiger partial charge in [0.05, 0.1) is 5.69 Å². The van der Waals surface area contributed by atoms with E-state index in [4.69, 9.17) is 4.74 Å². The molecular weight excluding hydrogens is 269 g/mol. The minimum atomic E-state index is -0.464. The molecule has 1 amide bonds. The molecule has 1 N–H and O–H groups in total. The molecule has 0 aliphatic carbocycles. The van der Waals surface area contributed by atoms with Gasteiger partial charge in [0.2, 0.25) is 0 Å². The molecule has 110 valence electrons. The van der Waals surface area contributed by atoms with Crippen molar-refractivity contribution in [2.24, 2.45) is 0 Å². The number of halogens is 1. The van der Waals surface area contributed by atoms with E-state index in [-0.39, 0.29) is 18.2 Å². The van der Waals surface area contributed by atoms with Gasteiger partial charge in [0.1, 0.15) is 11.6 Å². The van der Waals surface area contributed by atoms with Crippen molar-refractivity contribution in [1.82, 2.24) is 0 Å². The highest BCUT2D eigenvalue weighted by Crippen LogP contribution is 2.25. The molecule has 0 saturated heterocycles. The summed E-state index contributed by atoms with van der Waals surface area (Å²) in [7, 11) is 0. The van der Waals surface area contributed by atoms with E-state index in [0.29, 0.717) is 5.75 Å². The van der Waals surface area contributed by atoms with Gasteiger partial charge in [-0.1, -0.05) is 24.3 Å². The number of aryl methyl sites for hydroxylation is 2. The number of carbonyl (C=O) groups is 1. The summed E-state index contributed by atoms with van der Waals surface area (Å²) in [6.45, 7) is 5.71. The Morgan fingerprint density at radius 2 is 1.76 bits per heavy atom. The van der Waals surface area contributed by atoms with Crippen molar-refractivity contribution < 1.29 is 13.9 Å². The van der Waals surface area contributed by atoms with Gasteiger partial charge < -0.3 is 10.1 Å². The van der Waals surface area contributed by atoms with Gasteiger partial charge in [-0.25, -0.2) is 4.39 Å². The lowest BCUT2D eigenvalue weighted by Gasteiger charge is -2.14. The molecule has 0 aromatic heterocycles. The molecule has 0 unspecified atom stereocenters. The number of hydrogen-bond donors (Lipinski definition) is 1. The standard InChI is InChI=1S/C17H18FNO2/c1-11-8-9-12(2)17(13(11)3)21-10-16(20)19-15-7-5-4-6-14(15)18/h4-9H,10H2,1-3H3,(H,19,20). The van der Waals surface area contributed by atoms with Gasteiger partial charge in [-0.2, -0.15) is 0 Å². The number of benzene rings is 2. The van der Waals surface area contributed by atoms with Crippen molar-refractivity contribution in [2.75, 3.05) is 11.9 Å². The number of amides is 1. The number of rotatable bonds is 4. The summed E-state index contributed by atoms with van der Waals surface area (Å²) in [5, 5.41) is 2.50. The van der Waals surface area contributed by atoms with E-state index in [2.05, 4.69) is 5.32 Å². The number of ether oxygens (including phenoxy) is 1. The van der Waals surface area contributed by atoms with Crippen LogP contribution in [0.5, 0.6) is 5.75 Å². The quantitative estimate of drug-likeness (QED) is 0.929. The molecule has 21 heavy (non-hydrogen) atoms. The zero-order valence-corrected chi connectivity index (χ0v) is 12.4. The highest BCUT2D eigenvalue weighted by molar-refractivity contribution is 5.92. The number of nitrogens with one attached hydrogen (secondary N) is 1. The first-order valence-corrected chi connectivity index (χ1v) is 6.73. The van der Waals surface area contributed by atoms with Crippen molar-refractivity contribution >= 4 is 11.6 Å². The van der Waals surface area contributed by atoms with Crippen molar-refractivity contribution in [3.8, 4) is 5.75 Å². The van der Waals surface area contributed by atoms with Gasteiger partial charge in [-0.3, -0.25) is 4.79 Å². The molecule has 0 spiro atoms. The molecule has 2 rings (SSSR count). The van der Waals surface area contributed by atoms with Crippen LogP contribution >= 0.6 is 0 Å². The van der Waals surface area contributed by atoms with Gasteiger partial charge in [-0.05, 0) is 49.6 Å². The van der Waals surface area contributed by atoms with E-state index in [0.717, 1.165) is 16.7 Å². The summed E-state index contributed by atoms with van der Waals surface area (Å²) in [6.07, 6.45) is 0. The van der Waals surface area contributed by atoms with Gasteiger partial charge in [-0.15, -0.1) is 0 Å². The normalized spacial score (nSPS) is 10.3. The maximum atomic E-state index is 13.4. The molecule has 2 aromatic carbocycles. The second-order valence-corrected chi connectivity index (χ2v) is 4.97. The summed E-state index contributed by atoms with van der Waals surface area (Å²) >= 11 is 0. The van der Waals surface area contributed by atoms with E-state index in [1.165, 1.54) is 12.1 Å². The Hall–Kier alpha value is -2.36. The second kappa shape index (κ2) is 6.39. The van der Waals surface area contributed by atoms with Crippen molar-refractivity contribution in [3.63, 3.8) is 0 Å². The molecule has 0 saturated carbocycles. The SMILES string of the molecule is Cc1ccc(C)c(OCC(=O)Nc2ccccc2F)c1C. The summed E-state index contributed by atoms with van der Waals surface area (Å²) in [6, 6.07) is 10.0. The molecule has 0 radical (unpaired) electrons. The first-order chi connectivity index (χ1) is 9.99. The molecule has 4 heteroatoms. The van der Waals surface area contributed by atoms with Crippen LogP contribution in [-0.4, -0.2) is 12.5 Å². The Labute approximate surface area is 123 Å². The molecule has 2 aromatic rings. The number of para-hydroxylation sites is 1. The highest BCUT2D eigenvalue weighted by atomic mass is 19.1. The van der Waals surface area contributed by atoms with E-state index in [1.807, 2.05) is 32.9 Å². The Balaban J connectivity index is 2.02. The number of carbonyl (C=O) groups excluding carboxylic acids is 1. The second-order valence-electron chi connectivity index (χ2n) is 4.97. The Morgan fingerprint density at radius 3 is 2.48 bits per heavy atom. The van der Waals surface area contributed by atoms with Gasteiger partial charge in [0, 0.05) is 0 Å². The van der Waals surface area contributed by atoms with E-state index >= 15 is 0 Å². The Morgan fingerprint density at radius 1 is 1.10 bits per heavy atom. The molecule has 3 nitrogen and oxygen atoms in total. The van der Waals surface area contributed by atoms with E-state index in [1.54, 1.807) is 12.1 Å². The van der Waals surface area contributed by atoms with Crippen LogP contribution in [0.15, 0.2) is 36.4 Å². The maximum absolute atomic E-state index is 13.4. The number of hydrogen-bond acceptors (Lipinski definition) is 2. The minimum absolute atomic E-state index is 0.153. The summed E-state index contributed by atoms with van der Waals surface area (Å²) in [4.78, 5) is 11.8. The average Bonchev–Trinajstić information content (AvgIpc) is 2.45. The van der Waals surface area contributed by atoms with Crippen molar-refractivity contribution in [3.05, 3.63) is 58.9 Å². The lowest BCUT2D eigenvalue weighted by molar-refractivity contribution is -0.118. The fourth-order valence-electron chi connectivity index (χ4n) is 2.03. The third kappa shape index (κ3) is 3.60. The lowest BCUT2D eigenvalue weighted by atomic mass is 10.1. The topological polar surface area (TPSA) is 38.3 Å². The first kappa shape index (κ1) is 15.0. The van der Waals surface area contributed by atoms with Crippen LogP contribution in [0.3, 0.4) is 0 Å². The van der Waals surface area contributed by atoms with Crippen LogP contribution in [0.25, 0.3) is 0 Å². The Bertz CT molecular complexity index is 668. The Kier molecular flexibility index (Phi) is 4.58. The number of anilines is 1. The molecule has 0 atom stereocenters.